The van der Waals surface area contributed by atoms with Gasteiger partial charge in [0, 0.05) is 26.1 Å². The molecule has 0 aromatic heterocycles. The Bertz CT molecular complexity index is 476. The summed E-state index contributed by atoms with van der Waals surface area (Å²) in [5.74, 6) is -0.397. The number of carbonyl (C=O) groups is 1. The maximum Gasteiger partial charge on any atom is 0.573 e. The first-order chi connectivity index (χ1) is 9.67. The molecule has 0 spiro atoms. The van der Waals surface area contributed by atoms with Gasteiger partial charge in [-0.1, -0.05) is 12.1 Å². The van der Waals surface area contributed by atoms with Crippen molar-refractivity contribution in [2.75, 3.05) is 7.05 Å². The summed E-state index contributed by atoms with van der Waals surface area (Å²) < 4.78 is 40.3. The molecule has 21 heavy (non-hydrogen) atoms. The molecule has 0 aliphatic heterocycles. The third kappa shape index (κ3) is 6.99. The predicted octanol–water partition coefficient (Wildman–Crippen LogP) is 2.67. The van der Waals surface area contributed by atoms with E-state index in [-0.39, 0.29) is 24.2 Å². The van der Waals surface area contributed by atoms with Crippen molar-refractivity contribution in [3.8, 4) is 5.75 Å². The van der Waals surface area contributed by atoms with Gasteiger partial charge in [-0.15, -0.1) is 13.2 Å². The monoisotopic (exact) mass is 304 g/mol. The molecule has 0 saturated heterocycles. The fourth-order valence-corrected chi connectivity index (χ4v) is 1.75. The third-order valence-corrected chi connectivity index (χ3v) is 2.79. The smallest absolute Gasteiger partial charge is 0.406 e. The Morgan fingerprint density at radius 2 is 2.10 bits per heavy atom. The summed E-state index contributed by atoms with van der Waals surface area (Å²) in [7, 11) is 1.60. The minimum Gasteiger partial charge on any atom is -0.406 e. The van der Waals surface area contributed by atoms with E-state index in [1.165, 1.54) is 23.1 Å². The van der Waals surface area contributed by atoms with E-state index in [9.17, 15) is 18.0 Å². The molecule has 0 radical (unpaired) electrons. The number of hydrogen-bond donors (Lipinski definition) is 1. The number of nitrogens with zero attached hydrogens (tertiary/aromatic N) is 1. The summed E-state index contributed by atoms with van der Waals surface area (Å²) in [6, 6.07) is 5.51. The average molecular weight is 304 g/mol. The Kier molecular flexibility index (Phi) is 6.02. The lowest BCUT2D eigenvalue weighted by Gasteiger charge is -2.18. The van der Waals surface area contributed by atoms with Crippen molar-refractivity contribution < 1.29 is 22.7 Å². The number of hydrogen-bond acceptors (Lipinski definition) is 3. The zero-order valence-electron chi connectivity index (χ0n) is 12.0. The van der Waals surface area contributed by atoms with Crippen molar-refractivity contribution in [3.05, 3.63) is 29.8 Å². The zero-order chi connectivity index (χ0) is 16.0. The van der Waals surface area contributed by atoms with Gasteiger partial charge in [0.15, 0.2) is 0 Å². The van der Waals surface area contributed by atoms with Gasteiger partial charge in [0.05, 0.1) is 0 Å². The summed E-state index contributed by atoms with van der Waals surface area (Å²) in [6.45, 7) is 2.03. The Labute approximate surface area is 121 Å². The third-order valence-electron chi connectivity index (χ3n) is 2.79. The number of ether oxygens (including phenoxy) is 1. The first-order valence-electron chi connectivity index (χ1n) is 6.51. The van der Waals surface area contributed by atoms with Crippen LogP contribution in [0.3, 0.4) is 0 Å². The minimum absolute atomic E-state index is 0.0640. The normalized spacial score (nSPS) is 12.9. The topological polar surface area (TPSA) is 55.6 Å². The van der Waals surface area contributed by atoms with E-state index in [1.54, 1.807) is 13.1 Å². The van der Waals surface area contributed by atoms with E-state index in [2.05, 4.69) is 4.74 Å². The SMILES string of the molecule is CC(N)CCC(=O)N(C)Cc1cccc(OC(F)(F)F)c1. The molecule has 0 bridgehead atoms. The standard InChI is InChI=1S/C14H19F3N2O2/c1-10(18)6-7-13(20)19(2)9-11-4-3-5-12(8-11)21-14(15,16)17/h3-5,8,10H,6-7,9,18H2,1-2H3. The zero-order valence-corrected chi connectivity index (χ0v) is 12.0. The molecule has 118 valence electrons. The molecule has 0 aliphatic carbocycles. The van der Waals surface area contributed by atoms with Crippen LogP contribution in [-0.2, 0) is 11.3 Å². The number of benzene rings is 1. The summed E-state index contributed by atoms with van der Waals surface area (Å²) in [6.07, 6.45) is -3.84. The van der Waals surface area contributed by atoms with Crippen LogP contribution in [0.2, 0.25) is 0 Å². The largest absolute Gasteiger partial charge is 0.573 e. The highest BCUT2D eigenvalue weighted by atomic mass is 19.4. The summed E-state index contributed by atoms with van der Waals surface area (Å²) >= 11 is 0. The van der Waals surface area contributed by atoms with E-state index < -0.39 is 6.36 Å². The number of alkyl halides is 3. The van der Waals surface area contributed by atoms with Crippen LogP contribution < -0.4 is 10.5 Å². The highest BCUT2D eigenvalue weighted by Crippen LogP contribution is 2.23. The van der Waals surface area contributed by atoms with Gasteiger partial charge in [-0.3, -0.25) is 4.79 Å². The van der Waals surface area contributed by atoms with Crippen LogP contribution in [0.25, 0.3) is 0 Å². The number of halogens is 3. The van der Waals surface area contributed by atoms with Crippen LogP contribution >= 0.6 is 0 Å². The molecule has 1 unspecified atom stereocenters. The average Bonchev–Trinajstić information content (AvgIpc) is 2.34. The van der Waals surface area contributed by atoms with Crippen molar-refractivity contribution in [2.45, 2.75) is 38.7 Å². The van der Waals surface area contributed by atoms with Crippen LogP contribution in [0.5, 0.6) is 5.75 Å². The molecule has 2 N–H and O–H groups in total. The Hall–Kier alpha value is -1.76. The van der Waals surface area contributed by atoms with Crippen LogP contribution in [0.1, 0.15) is 25.3 Å². The van der Waals surface area contributed by atoms with Crippen LogP contribution in [0, 0.1) is 0 Å². The molecule has 1 aromatic rings. The molecule has 0 saturated carbocycles. The second-order valence-electron chi connectivity index (χ2n) is 4.96. The van der Waals surface area contributed by atoms with Crippen molar-refractivity contribution in [3.63, 3.8) is 0 Å². The molecule has 0 fully saturated rings. The van der Waals surface area contributed by atoms with E-state index in [1.807, 2.05) is 6.92 Å². The maximum absolute atomic E-state index is 12.1. The number of carbonyl (C=O) groups excluding carboxylic acids is 1. The van der Waals surface area contributed by atoms with Crippen LogP contribution in [0.4, 0.5) is 13.2 Å². The lowest BCUT2D eigenvalue weighted by Crippen LogP contribution is -2.28. The van der Waals surface area contributed by atoms with Crippen molar-refractivity contribution in [1.82, 2.24) is 4.90 Å². The van der Waals surface area contributed by atoms with E-state index in [4.69, 9.17) is 5.73 Å². The molecule has 1 atom stereocenters. The minimum atomic E-state index is -4.72. The molecule has 4 nitrogen and oxygen atoms in total. The second-order valence-corrected chi connectivity index (χ2v) is 4.96. The summed E-state index contributed by atoms with van der Waals surface area (Å²) in [4.78, 5) is 13.3. The van der Waals surface area contributed by atoms with Gasteiger partial charge in [-0.25, -0.2) is 0 Å². The van der Waals surface area contributed by atoms with E-state index in [0.29, 0.717) is 18.4 Å². The van der Waals surface area contributed by atoms with Crippen molar-refractivity contribution in [1.29, 1.82) is 0 Å². The van der Waals surface area contributed by atoms with Gasteiger partial charge in [-0.05, 0) is 31.0 Å². The van der Waals surface area contributed by atoms with Crippen molar-refractivity contribution >= 4 is 5.91 Å². The number of nitrogens with two attached hydrogens (primary N) is 1. The first-order valence-corrected chi connectivity index (χ1v) is 6.51. The van der Waals surface area contributed by atoms with Crippen LogP contribution in [-0.4, -0.2) is 30.3 Å². The Balaban J connectivity index is 2.62. The molecular formula is C14H19F3N2O2. The second kappa shape index (κ2) is 7.31. The molecular weight excluding hydrogens is 285 g/mol. The highest BCUT2D eigenvalue weighted by molar-refractivity contribution is 5.75. The van der Waals surface area contributed by atoms with Gasteiger partial charge in [0.1, 0.15) is 5.75 Å². The van der Waals surface area contributed by atoms with Gasteiger partial charge in [0.2, 0.25) is 5.91 Å². The number of rotatable bonds is 6. The molecule has 0 aliphatic rings. The van der Waals surface area contributed by atoms with Gasteiger partial charge >= 0.3 is 6.36 Å². The fraction of sp³-hybridized carbons (Fsp3) is 0.500. The first kappa shape index (κ1) is 17.3. The molecule has 1 aromatic carbocycles. The van der Waals surface area contributed by atoms with E-state index in [0.717, 1.165) is 0 Å². The molecule has 0 heterocycles. The van der Waals surface area contributed by atoms with Crippen LogP contribution in [0.15, 0.2) is 24.3 Å². The van der Waals surface area contributed by atoms with Gasteiger partial charge in [0.25, 0.3) is 0 Å². The molecule has 1 rings (SSSR count). The lowest BCUT2D eigenvalue weighted by molar-refractivity contribution is -0.274. The van der Waals surface area contributed by atoms with E-state index >= 15 is 0 Å². The lowest BCUT2D eigenvalue weighted by atomic mass is 10.1. The summed E-state index contributed by atoms with van der Waals surface area (Å²) in [5, 5.41) is 0. The molecule has 1 amide bonds. The van der Waals surface area contributed by atoms with Crippen molar-refractivity contribution in [2.24, 2.45) is 5.73 Å². The Morgan fingerprint density at radius 3 is 2.67 bits per heavy atom. The summed E-state index contributed by atoms with van der Waals surface area (Å²) in [5.41, 5.74) is 6.14. The number of amides is 1. The predicted molar refractivity (Wildman–Crippen MR) is 72.5 cm³/mol. The fourth-order valence-electron chi connectivity index (χ4n) is 1.75. The maximum atomic E-state index is 12.1. The highest BCUT2D eigenvalue weighted by Gasteiger charge is 2.31. The molecule has 7 heteroatoms. The Morgan fingerprint density at radius 1 is 1.43 bits per heavy atom. The van der Waals surface area contributed by atoms with Gasteiger partial charge in [-0.2, -0.15) is 0 Å². The quantitative estimate of drug-likeness (QED) is 0.879. The van der Waals surface area contributed by atoms with Gasteiger partial charge < -0.3 is 15.4 Å².